The Hall–Kier alpha value is -12.8. The van der Waals surface area contributed by atoms with Gasteiger partial charge in [-0.05, 0) is 306 Å². The number of fused-ring (bicyclic) bond motifs is 9. The fourth-order valence-electron chi connectivity index (χ4n) is 21.4. The number of ether oxygens (including phenoxy) is 2. The molecule has 0 saturated heterocycles. The second kappa shape index (κ2) is 31.0. The molecule has 5 aliphatic rings. The minimum atomic E-state index is -0.310. The van der Waals surface area contributed by atoms with Crippen LogP contribution < -0.4 is 61.9 Å². The topological polar surface area (TPSA) is 31.4 Å². The van der Waals surface area contributed by atoms with E-state index in [0.29, 0.717) is 0 Å². The van der Waals surface area contributed by atoms with Crippen LogP contribution in [0.2, 0.25) is 0 Å². The SMILES string of the molecule is CC(C)(C)c1ccc(N(c2ccc(C(C)(C)C)cc2)c2ccc3c(c2)N(c2ccc(C(C)(C)C)c(-c4ccccc4)c2)c2cc(-c4cc5c6c(c4)Oc4ccc(-c7cccc8c7C(C)(C)CCC8(C)C)cc4B6c4ccccc4O5)cc4c2B3c2ccc(N(c3ccc(C(C)(C)C)cc3)c3ccc(C(C)(C)C)cc3)cc2N4c2ccc(C(C)(C)C)c(-c3ccccc3)c2)cc1. The summed E-state index contributed by atoms with van der Waals surface area (Å²) >= 11 is 0. The minimum absolute atomic E-state index is 0.0119. The van der Waals surface area contributed by atoms with Crippen molar-refractivity contribution in [1.29, 1.82) is 0 Å². The Morgan fingerprint density at radius 1 is 0.262 bits per heavy atom. The third-order valence-corrected chi connectivity index (χ3v) is 28.7. The fourth-order valence-corrected chi connectivity index (χ4v) is 21.4. The van der Waals surface area contributed by atoms with Crippen molar-refractivity contribution < 1.29 is 9.47 Å². The van der Waals surface area contributed by atoms with Gasteiger partial charge in [0.05, 0.1) is 0 Å². The van der Waals surface area contributed by atoms with Crippen LogP contribution in [0.25, 0.3) is 44.5 Å². The monoisotopic (exact) mass is 1700 g/mol. The summed E-state index contributed by atoms with van der Waals surface area (Å²) in [6.45, 7) is 51.0. The molecular formula is C122H122B2N4O2. The zero-order chi connectivity index (χ0) is 91.0. The maximum atomic E-state index is 7.64. The van der Waals surface area contributed by atoms with Crippen LogP contribution in [0, 0.1) is 0 Å². The molecule has 0 unspecified atom stereocenters. The molecule has 0 radical (unpaired) electrons. The predicted molar refractivity (Wildman–Crippen MR) is 557 cm³/mol. The molecule has 8 heteroatoms. The van der Waals surface area contributed by atoms with E-state index in [9.17, 15) is 0 Å². The van der Waals surface area contributed by atoms with Crippen LogP contribution in [0.15, 0.2) is 315 Å². The zero-order valence-corrected chi connectivity index (χ0v) is 80.2. The van der Waals surface area contributed by atoms with Gasteiger partial charge < -0.3 is 29.1 Å². The van der Waals surface area contributed by atoms with E-state index in [4.69, 9.17) is 9.47 Å². The van der Waals surface area contributed by atoms with E-state index in [2.05, 4.69) is 487 Å². The molecule has 0 saturated carbocycles. The van der Waals surface area contributed by atoms with Crippen LogP contribution in [0.1, 0.15) is 210 Å². The number of nitrogens with zero attached hydrogens (tertiary/aromatic N) is 4. The fraction of sp³-hybridized carbons (Fsp3) is 0.262. The Bertz CT molecular complexity index is 6530. The molecule has 0 aromatic heterocycles. The number of rotatable bonds is 12. The van der Waals surface area contributed by atoms with Crippen LogP contribution in [-0.4, -0.2) is 13.4 Å². The first-order chi connectivity index (χ1) is 61.7. The van der Waals surface area contributed by atoms with Gasteiger partial charge in [-0.3, -0.25) is 0 Å². The van der Waals surface area contributed by atoms with Crippen molar-refractivity contribution in [3.05, 3.63) is 360 Å². The molecule has 6 nitrogen and oxygen atoms in total. The van der Waals surface area contributed by atoms with Crippen LogP contribution in [0.4, 0.5) is 68.2 Å². The number of anilines is 12. The first kappa shape index (κ1) is 85.3. The van der Waals surface area contributed by atoms with E-state index in [-0.39, 0.29) is 56.7 Å². The largest absolute Gasteiger partial charge is 0.458 e. The molecule has 0 N–H and O–H groups in total. The van der Waals surface area contributed by atoms with E-state index in [0.717, 1.165) is 132 Å². The molecule has 15 aromatic rings. The molecule has 0 amide bonds. The minimum Gasteiger partial charge on any atom is -0.458 e. The highest BCUT2D eigenvalue weighted by Gasteiger charge is 2.48. The third kappa shape index (κ3) is 15.0. The lowest BCUT2D eigenvalue weighted by molar-refractivity contribution is 0.333. The van der Waals surface area contributed by atoms with Crippen molar-refractivity contribution >= 4 is 114 Å². The lowest BCUT2D eigenvalue weighted by Crippen LogP contribution is -2.61. The standard InChI is InChI=1S/C122H122B2N4O2/c1-115(2,3)82-41-49-86(50-42-82)125(87-51-43-83(44-52-87)116(4,5)6)92-59-63-100-104(75-92)127(90-57-61-97(119(13,14)15)95(73-90)77-32-25-23-26-33-77)106-69-80(81-71-110-114-111(72-81)130-109-65-40-79(68-103(109)124(114)102-38-29-30-39-108(102)129-110)94-36-31-37-99-112(94)122(21,22)67-66-121(99,19)20)70-107-113(106)123(100)101-64-60-93(76-105(101)128(107)91-58-62-98(120(16,17)18)96(74-91)78-34-27-24-28-35-78)126(88-53-45-84(46-54-88)117(7,8)9)89-55-47-85(48-56-89)118(10,11)12/h23-65,68-76H,66-67H2,1-22H3. The number of para-hydroxylation sites is 1. The maximum absolute atomic E-state index is 7.64. The van der Waals surface area contributed by atoms with Gasteiger partial charge in [-0.2, -0.15) is 0 Å². The molecule has 20 rings (SSSR count). The summed E-state index contributed by atoms with van der Waals surface area (Å²) in [6, 6.07) is 121. The van der Waals surface area contributed by atoms with Gasteiger partial charge >= 0.3 is 0 Å². The Morgan fingerprint density at radius 3 is 1.07 bits per heavy atom. The lowest BCUT2D eigenvalue weighted by Gasteiger charge is -2.45. The lowest BCUT2D eigenvalue weighted by atomic mass is 9.33. The highest BCUT2D eigenvalue weighted by molar-refractivity contribution is 7.00. The van der Waals surface area contributed by atoms with Gasteiger partial charge in [-0.1, -0.05) is 334 Å². The van der Waals surface area contributed by atoms with Crippen LogP contribution >= 0.6 is 0 Å². The first-order valence-electron chi connectivity index (χ1n) is 47.1. The third-order valence-electron chi connectivity index (χ3n) is 28.7. The molecule has 4 aliphatic heterocycles. The Morgan fingerprint density at radius 2 is 0.646 bits per heavy atom. The van der Waals surface area contributed by atoms with Crippen LogP contribution in [0.5, 0.6) is 23.0 Å². The average Bonchev–Trinajstić information content (AvgIpc) is 0.694. The first-order valence-corrected chi connectivity index (χ1v) is 47.1. The molecule has 0 spiro atoms. The zero-order valence-electron chi connectivity index (χ0n) is 80.2. The van der Waals surface area contributed by atoms with Gasteiger partial charge in [0.1, 0.15) is 23.0 Å². The van der Waals surface area contributed by atoms with Gasteiger partial charge in [0, 0.05) is 73.7 Å². The van der Waals surface area contributed by atoms with Crippen molar-refractivity contribution in [2.45, 2.75) is 208 Å². The molecule has 648 valence electrons. The van der Waals surface area contributed by atoms with Gasteiger partial charge in [0.25, 0.3) is 13.4 Å². The van der Waals surface area contributed by atoms with Gasteiger partial charge in [0.2, 0.25) is 0 Å². The molecular weight excluding hydrogens is 1570 g/mol. The van der Waals surface area contributed by atoms with E-state index in [1.54, 1.807) is 0 Å². The smallest absolute Gasteiger partial charge is 0.260 e. The van der Waals surface area contributed by atoms with Gasteiger partial charge in [0.15, 0.2) is 0 Å². The maximum Gasteiger partial charge on any atom is 0.260 e. The molecule has 0 fully saturated rings. The number of hydrogen-bond acceptors (Lipinski definition) is 6. The highest BCUT2D eigenvalue weighted by atomic mass is 16.5. The molecule has 15 aromatic carbocycles. The second-order valence-electron chi connectivity index (χ2n) is 44.9. The van der Waals surface area contributed by atoms with Crippen molar-refractivity contribution in [1.82, 2.24) is 0 Å². The molecule has 0 atom stereocenters. The van der Waals surface area contributed by atoms with E-state index < -0.39 is 0 Å². The number of benzene rings is 15. The summed E-state index contributed by atoms with van der Waals surface area (Å²) in [5.41, 5.74) is 38.7. The summed E-state index contributed by atoms with van der Waals surface area (Å²) in [4.78, 5) is 10.2. The van der Waals surface area contributed by atoms with Gasteiger partial charge in [-0.15, -0.1) is 0 Å². The predicted octanol–water partition coefficient (Wildman–Crippen LogP) is 30.2. The van der Waals surface area contributed by atoms with Crippen LogP contribution in [-0.2, 0) is 43.3 Å². The van der Waals surface area contributed by atoms with Crippen molar-refractivity contribution in [3.8, 4) is 67.5 Å². The summed E-state index contributed by atoms with van der Waals surface area (Å²) in [7, 11) is 0. The summed E-state index contributed by atoms with van der Waals surface area (Å²) in [5.74, 6) is 3.25. The summed E-state index contributed by atoms with van der Waals surface area (Å²) < 4.78 is 15.1. The molecule has 130 heavy (non-hydrogen) atoms. The average molecular weight is 1700 g/mol. The summed E-state index contributed by atoms with van der Waals surface area (Å²) in [5, 5.41) is 0. The summed E-state index contributed by atoms with van der Waals surface area (Å²) in [6.07, 6.45) is 2.26. The Balaban J connectivity index is 0.892. The van der Waals surface area contributed by atoms with Crippen molar-refractivity contribution in [3.63, 3.8) is 0 Å². The van der Waals surface area contributed by atoms with E-state index in [1.165, 1.54) is 94.3 Å². The van der Waals surface area contributed by atoms with Crippen molar-refractivity contribution in [2.75, 3.05) is 19.6 Å². The Kier molecular flexibility index (Phi) is 20.3. The number of hydrogen-bond donors (Lipinski definition) is 0. The molecule has 1 aliphatic carbocycles. The molecule has 0 bridgehead atoms. The molecule has 4 heterocycles. The van der Waals surface area contributed by atoms with Crippen molar-refractivity contribution in [2.24, 2.45) is 0 Å². The van der Waals surface area contributed by atoms with E-state index in [1.807, 2.05) is 0 Å². The quantitative estimate of drug-likeness (QED) is 0.113. The normalized spacial score (nSPS) is 14.7. The highest BCUT2D eigenvalue weighted by Crippen LogP contribution is 2.55. The second-order valence-corrected chi connectivity index (χ2v) is 44.9. The van der Waals surface area contributed by atoms with Crippen LogP contribution in [0.3, 0.4) is 0 Å². The van der Waals surface area contributed by atoms with E-state index >= 15 is 0 Å². The Labute approximate surface area is 774 Å². The van der Waals surface area contributed by atoms with Gasteiger partial charge in [-0.25, -0.2) is 0 Å².